The molecule has 1 aromatic rings. The monoisotopic (exact) mass is 218 g/mol. The highest BCUT2D eigenvalue weighted by atomic mass is 16.1. The van der Waals surface area contributed by atoms with E-state index in [0.29, 0.717) is 11.7 Å². The average Bonchev–Trinajstić information content (AvgIpc) is 2.35. The number of hydrogen-bond donors (Lipinski definition) is 0. The summed E-state index contributed by atoms with van der Waals surface area (Å²) in [6.45, 7) is 6.32. The van der Waals surface area contributed by atoms with E-state index < -0.39 is 0 Å². The van der Waals surface area contributed by atoms with Crippen LogP contribution in [0.3, 0.4) is 0 Å². The Morgan fingerprint density at radius 3 is 2.38 bits per heavy atom. The summed E-state index contributed by atoms with van der Waals surface area (Å²) in [6, 6.07) is 10.3. The fourth-order valence-electron chi connectivity index (χ4n) is 1.90. The molecule has 0 aliphatic carbocycles. The Bertz CT molecular complexity index is 315. The van der Waals surface area contributed by atoms with Crippen molar-refractivity contribution >= 4 is 5.78 Å². The maximum atomic E-state index is 11.9. The smallest absolute Gasteiger partial charge is 0.136 e. The van der Waals surface area contributed by atoms with Gasteiger partial charge >= 0.3 is 0 Å². The Labute approximate surface area is 98.9 Å². The molecule has 2 atom stereocenters. The van der Waals surface area contributed by atoms with Crippen LogP contribution >= 0.6 is 0 Å². The number of carbonyl (C=O) groups excluding carboxylic acids is 1. The van der Waals surface area contributed by atoms with Gasteiger partial charge in [0.15, 0.2) is 0 Å². The van der Waals surface area contributed by atoms with Crippen molar-refractivity contribution in [2.75, 3.05) is 0 Å². The van der Waals surface area contributed by atoms with Crippen LogP contribution in [0.2, 0.25) is 0 Å². The third-order valence-corrected chi connectivity index (χ3v) is 3.36. The number of hydrogen-bond acceptors (Lipinski definition) is 1. The summed E-state index contributed by atoms with van der Waals surface area (Å²) in [7, 11) is 0. The molecule has 0 unspecified atom stereocenters. The van der Waals surface area contributed by atoms with Crippen molar-refractivity contribution in [2.24, 2.45) is 5.92 Å². The number of unbranched alkanes of at least 4 members (excludes halogenated alkanes) is 1. The van der Waals surface area contributed by atoms with E-state index in [9.17, 15) is 4.79 Å². The molecular weight excluding hydrogens is 196 g/mol. The Balaban J connectivity index is 2.60. The van der Waals surface area contributed by atoms with Gasteiger partial charge in [-0.05, 0) is 17.9 Å². The minimum Gasteiger partial charge on any atom is -0.299 e. The lowest BCUT2D eigenvalue weighted by Gasteiger charge is -2.19. The molecule has 1 heteroatoms. The second-order valence-electron chi connectivity index (χ2n) is 4.56. The van der Waals surface area contributed by atoms with Crippen LogP contribution in [0.5, 0.6) is 0 Å². The SMILES string of the molecule is CCCCC(=O)[C@H](C)[C@H](C)c1ccccc1. The van der Waals surface area contributed by atoms with Crippen LogP contribution in [-0.4, -0.2) is 5.78 Å². The lowest BCUT2D eigenvalue weighted by atomic mass is 9.85. The molecular formula is C15H22O. The lowest BCUT2D eigenvalue weighted by Crippen LogP contribution is -2.17. The molecule has 88 valence electrons. The molecule has 0 saturated carbocycles. The summed E-state index contributed by atoms with van der Waals surface area (Å²) in [4.78, 5) is 11.9. The van der Waals surface area contributed by atoms with E-state index in [1.807, 2.05) is 18.2 Å². The molecule has 0 bridgehead atoms. The van der Waals surface area contributed by atoms with Gasteiger partial charge in [0.05, 0.1) is 0 Å². The summed E-state index contributed by atoms with van der Waals surface area (Å²) in [5, 5.41) is 0. The molecule has 0 heterocycles. The van der Waals surface area contributed by atoms with Gasteiger partial charge in [-0.1, -0.05) is 57.5 Å². The second kappa shape index (κ2) is 6.47. The molecule has 16 heavy (non-hydrogen) atoms. The van der Waals surface area contributed by atoms with Crippen LogP contribution in [0.25, 0.3) is 0 Å². The minimum atomic E-state index is 0.133. The standard InChI is InChI=1S/C15H22O/c1-4-5-11-15(16)13(3)12(2)14-9-7-6-8-10-14/h6-10,12-13H,4-5,11H2,1-3H3/t12-,13+/m0/s1. The first-order valence-corrected chi connectivity index (χ1v) is 6.24. The van der Waals surface area contributed by atoms with Crippen LogP contribution in [0, 0.1) is 5.92 Å². The molecule has 0 N–H and O–H groups in total. The Kier molecular flexibility index (Phi) is 5.24. The minimum absolute atomic E-state index is 0.133. The van der Waals surface area contributed by atoms with Gasteiger partial charge < -0.3 is 0 Å². The van der Waals surface area contributed by atoms with Crippen molar-refractivity contribution in [1.29, 1.82) is 0 Å². The summed E-state index contributed by atoms with van der Waals surface area (Å²) in [5.74, 6) is 0.859. The van der Waals surface area contributed by atoms with E-state index >= 15 is 0 Å². The van der Waals surface area contributed by atoms with Gasteiger partial charge in [-0.25, -0.2) is 0 Å². The molecule has 1 rings (SSSR count). The van der Waals surface area contributed by atoms with Crippen LogP contribution in [0.15, 0.2) is 30.3 Å². The number of rotatable bonds is 6. The van der Waals surface area contributed by atoms with Gasteiger partial charge in [-0.2, -0.15) is 0 Å². The molecule has 0 aliphatic heterocycles. The highest BCUT2D eigenvalue weighted by Gasteiger charge is 2.20. The van der Waals surface area contributed by atoms with E-state index in [1.54, 1.807) is 0 Å². The first-order valence-electron chi connectivity index (χ1n) is 6.24. The third-order valence-electron chi connectivity index (χ3n) is 3.36. The highest BCUT2D eigenvalue weighted by Crippen LogP contribution is 2.25. The Morgan fingerprint density at radius 2 is 1.81 bits per heavy atom. The molecule has 1 nitrogen and oxygen atoms in total. The normalized spacial score (nSPS) is 14.4. The fourth-order valence-corrected chi connectivity index (χ4v) is 1.90. The lowest BCUT2D eigenvalue weighted by molar-refractivity contribution is -0.123. The van der Waals surface area contributed by atoms with Crippen molar-refractivity contribution in [2.45, 2.75) is 46.0 Å². The predicted molar refractivity (Wildman–Crippen MR) is 68.6 cm³/mol. The summed E-state index contributed by atoms with van der Waals surface area (Å²) >= 11 is 0. The van der Waals surface area contributed by atoms with E-state index in [0.717, 1.165) is 19.3 Å². The van der Waals surface area contributed by atoms with Crippen molar-refractivity contribution in [3.8, 4) is 0 Å². The van der Waals surface area contributed by atoms with Gasteiger partial charge in [0.1, 0.15) is 5.78 Å². The van der Waals surface area contributed by atoms with E-state index in [-0.39, 0.29) is 5.92 Å². The van der Waals surface area contributed by atoms with Gasteiger partial charge in [-0.15, -0.1) is 0 Å². The maximum absolute atomic E-state index is 11.9. The second-order valence-corrected chi connectivity index (χ2v) is 4.56. The Morgan fingerprint density at radius 1 is 1.19 bits per heavy atom. The molecule has 0 saturated heterocycles. The molecule has 0 amide bonds. The topological polar surface area (TPSA) is 17.1 Å². The molecule has 0 aliphatic rings. The highest BCUT2D eigenvalue weighted by molar-refractivity contribution is 5.81. The van der Waals surface area contributed by atoms with Crippen LogP contribution in [0.4, 0.5) is 0 Å². The molecule has 0 aromatic heterocycles. The van der Waals surface area contributed by atoms with Crippen LogP contribution in [-0.2, 0) is 4.79 Å². The number of ketones is 1. The number of carbonyl (C=O) groups is 1. The fraction of sp³-hybridized carbons (Fsp3) is 0.533. The van der Waals surface area contributed by atoms with Crippen LogP contribution in [0.1, 0.15) is 51.5 Å². The zero-order valence-electron chi connectivity index (χ0n) is 10.6. The maximum Gasteiger partial charge on any atom is 0.136 e. The van der Waals surface area contributed by atoms with Gasteiger partial charge in [0.2, 0.25) is 0 Å². The third kappa shape index (κ3) is 3.48. The zero-order chi connectivity index (χ0) is 12.0. The van der Waals surface area contributed by atoms with Gasteiger partial charge in [0.25, 0.3) is 0 Å². The average molecular weight is 218 g/mol. The quantitative estimate of drug-likeness (QED) is 0.700. The first-order chi connectivity index (χ1) is 7.66. The first kappa shape index (κ1) is 13.0. The van der Waals surface area contributed by atoms with Gasteiger partial charge in [0, 0.05) is 12.3 Å². The number of Topliss-reactive ketones (excluding diaryl/α,β-unsaturated/α-hetero) is 1. The van der Waals surface area contributed by atoms with Crippen molar-refractivity contribution < 1.29 is 4.79 Å². The predicted octanol–water partition coefficient (Wildman–Crippen LogP) is 4.19. The molecule has 0 spiro atoms. The summed E-state index contributed by atoms with van der Waals surface area (Å²) < 4.78 is 0. The molecule has 0 radical (unpaired) electrons. The van der Waals surface area contributed by atoms with E-state index in [1.165, 1.54) is 5.56 Å². The van der Waals surface area contributed by atoms with E-state index in [4.69, 9.17) is 0 Å². The number of benzene rings is 1. The summed E-state index contributed by atoms with van der Waals surface area (Å²) in [6.07, 6.45) is 2.84. The zero-order valence-corrected chi connectivity index (χ0v) is 10.6. The van der Waals surface area contributed by atoms with E-state index in [2.05, 4.69) is 32.9 Å². The molecule has 0 fully saturated rings. The molecule has 1 aromatic carbocycles. The van der Waals surface area contributed by atoms with Gasteiger partial charge in [-0.3, -0.25) is 4.79 Å². The van der Waals surface area contributed by atoms with Crippen molar-refractivity contribution in [3.05, 3.63) is 35.9 Å². The van der Waals surface area contributed by atoms with Crippen molar-refractivity contribution in [3.63, 3.8) is 0 Å². The summed E-state index contributed by atoms with van der Waals surface area (Å²) in [5.41, 5.74) is 1.26. The largest absolute Gasteiger partial charge is 0.299 e. The van der Waals surface area contributed by atoms with Crippen LogP contribution < -0.4 is 0 Å². The Hall–Kier alpha value is -1.11. The van der Waals surface area contributed by atoms with Crippen molar-refractivity contribution in [1.82, 2.24) is 0 Å².